The Morgan fingerprint density at radius 1 is 1.12 bits per heavy atom. The van der Waals surface area contributed by atoms with E-state index in [9.17, 15) is 9.59 Å². The number of rotatable bonds is 6. The summed E-state index contributed by atoms with van der Waals surface area (Å²) in [6.07, 6.45) is 5.43. The molecule has 2 heterocycles. The fraction of sp³-hybridized carbons (Fsp3) is 0.350. The highest BCUT2D eigenvalue weighted by atomic mass is 16.5. The van der Waals surface area contributed by atoms with E-state index in [0.29, 0.717) is 32.5 Å². The quantitative estimate of drug-likeness (QED) is 0.826. The molecule has 0 unspecified atom stereocenters. The fourth-order valence-electron chi connectivity index (χ4n) is 3.34. The number of carbonyl (C=O) groups excluding carboxylic acids is 2. The lowest BCUT2D eigenvalue weighted by Crippen LogP contribution is -2.48. The average Bonchev–Trinajstić information content (AvgIpc) is 2.68. The van der Waals surface area contributed by atoms with Crippen LogP contribution in [0, 0.1) is 5.41 Å². The van der Waals surface area contributed by atoms with Crippen LogP contribution in [0.5, 0.6) is 0 Å². The molecule has 136 valence electrons. The van der Waals surface area contributed by atoms with Crippen LogP contribution in [0.25, 0.3) is 11.1 Å². The first-order chi connectivity index (χ1) is 12.6. The number of aromatic nitrogens is 1. The van der Waals surface area contributed by atoms with E-state index in [4.69, 9.17) is 10.5 Å². The Morgan fingerprint density at radius 2 is 1.85 bits per heavy atom. The summed E-state index contributed by atoms with van der Waals surface area (Å²) in [4.78, 5) is 27.9. The topological polar surface area (TPSA) is 94.3 Å². The number of nitrogens with one attached hydrogen (secondary N) is 1. The van der Waals surface area contributed by atoms with Crippen LogP contribution >= 0.6 is 0 Å². The van der Waals surface area contributed by atoms with E-state index in [1.54, 1.807) is 6.20 Å². The van der Waals surface area contributed by atoms with Gasteiger partial charge in [0, 0.05) is 25.6 Å². The Labute approximate surface area is 152 Å². The summed E-state index contributed by atoms with van der Waals surface area (Å²) in [5, 5.41) is 2.67. The molecule has 6 heteroatoms. The van der Waals surface area contributed by atoms with Crippen molar-refractivity contribution in [3.8, 4) is 11.1 Å². The third kappa shape index (κ3) is 4.26. The van der Waals surface area contributed by atoms with E-state index < -0.39 is 11.3 Å². The summed E-state index contributed by atoms with van der Waals surface area (Å²) < 4.78 is 5.44. The van der Waals surface area contributed by atoms with Gasteiger partial charge in [-0.1, -0.05) is 30.3 Å². The van der Waals surface area contributed by atoms with Crippen molar-refractivity contribution < 1.29 is 14.3 Å². The smallest absolute Gasteiger partial charge is 0.236 e. The van der Waals surface area contributed by atoms with Crippen LogP contribution in [0.4, 0.5) is 0 Å². The maximum atomic E-state index is 12.7. The summed E-state index contributed by atoms with van der Waals surface area (Å²) in [6, 6.07) is 12.1. The van der Waals surface area contributed by atoms with Crippen molar-refractivity contribution in [1.29, 1.82) is 0 Å². The van der Waals surface area contributed by atoms with Crippen molar-refractivity contribution in [2.45, 2.75) is 19.3 Å². The zero-order valence-corrected chi connectivity index (χ0v) is 14.6. The number of benzene rings is 1. The molecular formula is C20H23N3O3. The van der Waals surface area contributed by atoms with Gasteiger partial charge in [-0.3, -0.25) is 14.6 Å². The summed E-state index contributed by atoms with van der Waals surface area (Å²) in [7, 11) is 0. The number of carbonyl (C=O) groups is 2. The zero-order valence-electron chi connectivity index (χ0n) is 14.6. The Bertz CT molecular complexity index is 754. The largest absolute Gasteiger partial charge is 0.381 e. The monoisotopic (exact) mass is 353 g/mol. The lowest BCUT2D eigenvalue weighted by molar-refractivity contribution is -0.137. The lowest BCUT2D eigenvalue weighted by atomic mass is 9.74. The number of primary amides is 1. The second kappa shape index (κ2) is 8.10. The summed E-state index contributed by atoms with van der Waals surface area (Å²) >= 11 is 0. The number of pyridine rings is 1. The first kappa shape index (κ1) is 18.1. The normalized spacial score (nSPS) is 16.0. The molecule has 3 rings (SSSR count). The third-order valence-corrected chi connectivity index (χ3v) is 4.85. The van der Waals surface area contributed by atoms with E-state index in [0.717, 1.165) is 16.7 Å². The van der Waals surface area contributed by atoms with Gasteiger partial charge in [0.2, 0.25) is 11.8 Å². The van der Waals surface area contributed by atoms with Gasteiger partial charge in [0.1, 0.15) is 0 Å². The Kier molecular flexibility index (Phi) is 5.63. The van der Waals surface area contributed by atoms with Gasteiger partial charge >= 0.3 is 0 Å². The molecule has 1 saturated heterocycles. The van der Waals surface area contributed by atoms with Crippen molar-refractivity contribution in [2.75, 3.05) is 19.8 Å². The molecule has 0 aliphatic carbocycles. The number of nitrogens with zero attached hydrogens (tertiary/aromatic N) is 1. The summed E-state index contributed by atoms with van der Waals surface area (Å²) in [5.41, 5.74) is 7.81. The van der Waals surface area contributed by atoms with Crippen LogP contribution in [0.15, 0.2) is 48.8 Å². The molecule has 1 aliphatic heterocycles. The maximum Gasteiger partial charge on any atom is 0.236 e. The predicted molar refractivity (Wildman–Crippen MR) is 98.1 cm³/mol. The molecule has 3 N–H and O–H groups in total. The van der Waals surface area contributed by atoms with Crippen LogP contribution < -0.4 is 11.1 Å². The Hall–Kier alpha value is -2.73. The van der Waals surface area contributed by atoms with E-state index in [1.807, 2.05) is 42.6 Å². The van der Waals surface area contributed by atoms with Gasteiger partial charge in [-0.15, -0.1) is 0 Å². The minimum Gasteiger partial charge on any atom is -0.381 e. The number of hydrogen-bond donors (Lipinski definition) is 2. The molecule has 1 fully saturated rings. The first-order valence-corrected chi connectivity index (χ1v) is 8.73. The van der Waals surface area contributed by atoms with Gasteiger partial charge in [0.25, 0.3) is 0 Å². The van der Waals surface area contributed by atoms with Gasteiger partial charge in [0.05, 0.1) is 12.0 Å². The molecule has 0 bridgehead atoms. The number of hydrogen-bond acceptors (Lipinski definition) is 4. The van der Waals surface area contributed by atoms with E-state index in [1.165, 1.54) is 0 Å². The van der Waals surface area contributed by atoms with Gasteiger partial charge in [0.15, 0.2) is 0 Å². The fourth-order valence-corrected chi connectivity index (χ4v) is 3.34. The minimum atomic E-state index is -0.566. The van der Waals surface area contributed by atoms with Crippen molar-refractivity contribution in [2.24, 2.45) is 11.1 Å². The van der Waals surface area contributed by atoms with Crippen molar-refractivity contribution >= 4 is 11.8 Å². The van der Waals surface area contributed by atoms with E-state index >= 15 is 0 Å². The maximum absolute atomic E-state index is 12.7. The Balaban J connectivity index is 1.76. The van der Waals surface area contributed by atoms with Crippen molar-refractivity contribution in [3.05, 3.63) is 54.4 Å². The summed E-state index contributed by atoms with van der Waals surface area (Å²) in [5.74, 6) is -0.669. The Morgan fingerprint density at radius 3 is 2.46 bits per heavy atom. The van der Waals surface area contributed by atoms with Gasteiger partial charge in [-0.2, -0.15) is 0 Å². The number of ether oxygens (including phenoxy) is 1. The minimum absolute atomic E-state index is 0.129. The van der Waals surface area contributed by atoms with Crippen LogP contribution in [0.3, 0.4) is 0 Å². The molecule has 1 aromatic carbocycles. The third-order valence-electron chi connectivity index (χ3n) is 4.85. The summed E-state index contributed by atoms with van der Waals surface area (Å²) in [6.45, 7) is 0.941. The van der Waals surface area contributed by atoms with E-state index in [-0.39, 0.29) is 12.5 Å². The SMILES string of the molecule is NC(=O)CNC(=O)C1(Cc2ccc(-c3cccnc3)cc2)CCOCC1. The van der Waals surface area contributed by atoms with E-state index in [2.05, 4.69) is 10.3 Å². The zero-order chi connectivity index (χ0) is 18.4. The van der Waals surface area contributed by atoms with Crippen molar-refractivity contribution in [3.63, 3.8) is 0 Å². The number of amides is 2. The molecule has 1 aliphatic rings. The molecule has 0 spiro atoms. The molecule has 2 aromatic rings. The molecule has 0 saturated carbocycles. The highest BCUT2D eigenvalue weighted by molar-refractivity contribution is 5.87. The molecule has 2 amide bonds. The molecule has 6 nitrogen and oxygen atoms in total. The highest BCUT2D eigenvalue weighted by Gasteiger charge is 2.40. The second-order valence-electron chi connectivity index (χ2n) is 6.66. The molecule has 26 heavy (non-hydrogen) atoms. The molecule has 0 radical (unpaired) electrons. The van der Waals surface area contributed by atoms with Gasteiger partial charge < -0.3 is 15.8 Å². The van der Waals surface area contributed by atoms with Gasteiger partial charge in [-0.25, -0.2) is 0 Å². The van der Waals surface area contributed by atoms with Crippen LogP contribution in [-0.2, 0) is 20.7 Å². The first-order valence-electron chi connectivity index (χ1n) is 8.73. The average molecular weight is 353 g/mol. The standard InChI is InChI=1S/C20H23N3O3/c21-18(24)14-23-19(25)20(7-10-26-11-8-20)12-15-3-5-16(6-4-15)17-2-1-9-22-13-17/h1-6,9,13H,7-8,10-12,14H2,(H2,21,24)(H,23,25). The number of nitrogens with two attached hydrogens (primary N) is 1. The van der Waals surface area contributed by atoms with Crippen LogP contribution in [0.1, 0.15) is 18.4 Å². The van der Waals surface area contributed by atoms with Crippen molar-refractivity contribution in [1.82, 2.24) is 10.3 Å². The molecule has 1 aromatic heterocycles. The lowest BCUT2D eigenvalue weighted by Gasteiger charge is -2.35. The second-order valence-corrected chi connectivity index (χ2v) is 6.66. The molecular weight excluding hydrogens is 330 g/mol. The van der Waals surface area contributed by atoms with Crippen LogP contribution in [-0.4, -0.2) is 36.6 Å². The van der Waals surface area contributed by atoms with Crippen LogP contribution in [0.2, 0.25) is 0 Å². The van der Waals surface area contributed by atoms with Gasteiger partial charge in [-0.05, 0) is 42.0 Å². The highest BCUT2D eigenvalue weighted by Crippen LogP contribution is 2.35. The predicted octanol–water partition coefficient (Wildman–Crippen LogP) is 1.69. The molecule has 0 atom stereocenters.